The number of anilines is 2. The maximum absolute atomic E-state index is 11.6. The number of fused-ring (bicyclic) bond motifs is 1. The molecule has 1 aliphatic rings. The van der Waals surface area contributed by atoms with Crippen LogP contribution in [0.3, 0.4) is 0 Å². The highest BCUT2D eigenvalue weighted by molar-refractivity contribution is 7.88. The van der Waals surface area contributed by atoms with Gasteiger partial charge >= 0.3 is 0 Å². The SMILES string of the molecule is CC(C)n1ccc2c(N(NS(C)(=O)=O)C3CC3)nc(N)nc21. The fourth-order valence-electron chi connectivity index (χ4n) is 2.44. The van der Waals surface area contributed by atoms with Gasteiger partial charge in [-0.25, -0.2) is 8.42 Å². The van der Waals surface area contributed by atoms with E-state index in [1.54, 1.807) is 5.01 Å². The van der Waals surface area contributed by atoms with E-state index in [0.717, 1.165) is 24.5 Å². The van der Waals surface area contributed by atoms with Crippen LogP contribution in [-0.2, 0) is 10.0 Å². The minimum Gasteiger partial charge on any atom is -0.368 e. The van der Waals surface area contributed by atoms with Crippen LogP contribution in [0, 0.1) is 0 Å². The first-order valence-corrected chi connectivity index (χ1v) is 9.06. The lowest BCUT2D eigenvalue weighted by atomic mass is 10.3. The molecule has 8 nitrogen and oxygen atoms in total. The van der Waals surface area contributed by atoms with E-state index in [1.807, 2.05) is 30.7 Å². The third-order valence-corrected chi connectivity index (χ3v) is 4.06. The van der Waals surface area contributed by atoms with Crippen molar-refractivity contribution < 1.29 is 8.42 Å². The Hall–Kier alpha value is -1.87. The summed E-state index contributed by atoms with van der Waals surface area (Å²) in [6.07, 6.45) is 4.87. The van der Waals surface area contributed by atoms with E-state index in [0.29, 0.717) is 11.5 Å². The van der Waals surface area contributed by atoms with Gasteiger partial charge in [0.25, 0.3) is 0 Å². The summed E-state index contributed by atoms with van der Waals surface area (Å²) >= 11 is 0. The topological polar surface area (TPSA) is 106 Å². The molecule has 0 aromatic carbocycles. The first-order valence-electron chi connectivity index (χ1n) is 7.17. The van der Waals surface area contributed by atoms with E-state index in [4.69, 9.17) is 5.73 Å². The minimum atomic E-state index is -3.40. The number of aromatic nitrogens is 3. The van der Waals surface area contributed by atoms with Crippen LogP contribution < -0.4 is 15.6 Å². The van der Waals surface area contributed by atoms with Gasteiger partial charge in [-0.05, 0) is 32.8 Å². The summed E-state index contributed by atoms with van der Waals surface area (Å²) in [6, 6.07) is 2.22. The summed E-state index contributed by atoms with van der Waals surface area (Å²) in [4.78, 5) is 11.1. The largest absolute Gasteiger partial charge is 0.368 e. The first kappa shape index (κ1) is 15.0. The first-order chi connectivity index (χ1) is 10.3. The van der Waals surface area contributed by atoms with E-state index in [1.165, 1.54) is 0 Å². The molecule has 0 saturated heterocycles. The standard InChI is InChI=1S/C13H20N6O2S/c1-8(2)18-7-6-10-11(18)15-13(14)16-12(10)19(9-4-5-9)17-22(3,20)21/h6-9,17H,4-5H2,1-3H3,(H2,14,15,16). The fourth-order valence-corrected chi connectivity index (χ4v) is 3.03. The molecule has 3 N–H and O–H groups in total. The Labute approximate surface area is 129 Å². The van der Waals surface area contributed by atoms with Gasteiger partial charge in [-0.1, -0.05) is 0 Å². The van der Waals surface area contributed by atoms with E-state index >= 15 is 0 Å². The fraction of sp³-hybridized carbons (Fsp3) is 0.538. The number of rotatable bonds is 5. The molecule has 1 saturated carbocycles. The molecule has 2 heterocycles. The molecule has 0 atom stereocenters. The van der Waals surface area contributed by atoms with Crippen LogP contribution in [0.1, 0.15) is 32.7 Å². The van der Waals surface area contributed by atoms with Crippen LogP contribution in [0.15, 0.2) is 12.3 Å². The van der Waals surface area contributed by atoms with E-state index in [-0.39, 0.29) is 18.0 Å². The highest BCUT2D eigenvalue weighted by Gasteiger charge is 2.34. The van der Waals surface area contributed by atoms with Crippen LogP contribution in [0.4, 0.5) is 11.8 Å². The van der Waals surface area contributed by atoms with E-state index in [9.17, 15) is 8.42 Å². The van der Waals surface area contributed by atoms with Gasteiger partial charge in [-0.15, -0.1) is 4.83 Å². The molecule has 1 aliphatic carbocycles. The van der Waals surface area contributed by atoms with Gasteiger partial charge in [0.05, 0.1) is 11.6 Å². The lowest BCUT2D eigenvalue weighted by Crippen LogP contribution is -2.44. The number of hydrogen-bond donors (Lipinski definition) is 2. The van der Waals surface area contributed by atoms with Crippen molar-refractivity contribution in [3.05, 3.63) is 12.3 Å². The molecule has 0 bridgehead atoms. The Kier molecular flexibility index (Phi) is 3.48. The molecule has 0 radical (unpaired) electrons. The number of nitrogens with two attached hydrogens (primary N) is 1. The highest BCUT2D eigenvalue weighted by Crippen LogP contribution is 2.34. The Balaban J connectivity index is 2.16. The highest BCUT2D eigenvalue weighted by atomic mass is 32.2. The van der Waals surface area contributed by atoms with Crippen molar-refractivity contribution in [3.8, 4) is 0 Å². The van der Waals surface area contributed by atoms with Crippen LogP contribution in [0.5, 0.6) is 0 Å². The summed E-state index contributed by atoms with van der Waals surface area (Å²) < 4.78 is 25.3. The maximum Gasteiger partial charge on any atom is 0.225 e. The number of sulfonamides is 1. The molecule has 0 aliphatic heterocycles. The molecule has 1 fully saturated rings. The normalized spacial score (nSPS) is 15.6. The van der Waals surface area contributed by atoms with Crippen molar-refractivity contribution in [2.45, 2.75) is 38.8 Å². The van der Waals surface area contributed by atoms with Crippen molar-refractivity contribution in [3.63, 3.8) is 0 Å². The third-order valence-electron chi connectivity index (χ3n) is 3.53. The third kappa shape index (κ3) is 2.86. The van der Waals surface area contributed by atoms with E-state index < -0.39 is 10.0 Å². The van der Waals surface area contributed by atoms with Gasteiger partial charge < -0.3 is 10.3 Å². The summed E-state index contributed by atoms with van der Waals surface area (Å²) in [7, 11) is -3.40. The molecular formula is C13H20N6O2S. The lowest BCUT2D eigenvalue weighted by Gasteiger charge is -2.23. The summed E-state index contributed by atoms with van der Waals surface area (Å²) in [5, 5.41) is 2.38. The summed E-state index contributed by atoms with van der Waals surface area (Å²) in [5.41, 5.74) is 6.54. The molecule has 0 unspecified atom stereocenters. The Morgan fingerprint density at radius 1 is 1.41 bits per heavy atom. The van der Waals surface area contributed by atoms with Crippen LogP contribution >= 0.6 is 0 Å². The van der Waals surface area contributed by atoms with Crippen molar-refractivity contribution >= 4 is 32.8 Å². The molecule has 0 amide bonds. The second-order valence-electron chi connectivity index (χ2n) is 5.92. The minimum absolute atomic E-state index is 0.106. The van der Waals surface area contributed by atoms with Crippen LogP contribution in [0.2, 0.25) is 0 Å². The Morgan fingerprint density at radius 2 is 2.09 bits per heavy atom. The number of nitrogen functional groups attached to an aromatic ring is 1. The van der Waals surface area contributed by atoms with Gasteiger partial charge in [0, 0.05) is 18.3 Å². The second-order valence-corrected chi connectivity index (χ2v) is 7.65. The van der Waals surface area contributed by atoms with Gasteiger partial charge in [0.15, 0.2) is 5.82 Å². The maximum atomic E-state index is 11.6. The molecule has 3 rings (SSSR count). The quantitative estimate of drug-likeness (QED) is 0.796. The number of nitrogens with zero attached hydrogens (tertiary/aromatic N) is 4. The molecule has 0 spiro atoms. The van der Waals surface area contributed by atoms with Crippen LogP contribution in [0.25, 0.3) is 11.0 Å². The van der Waals surface area contributed by atoms with Crippen molar-refractivity contribution in [2.75, 3.05) is 17.0 Å². The summed E-state index contributed by atoms with van der Waals surface area (Å²) in [5.74, 6) is 0.638. The zero-order valence-electron chi connectivity index (χ0n) is 12.8. The second kappa shape index (κ2) is 5.10. The molecule has 120 valence electrons. The molecule has 2 aromatic heterocycles. The van der Waals surface area contributed by atoms with Gasteiger partial charge in [0.1, 0.15) is 5.65 Å². The molecule has 22 heavy (non-hydrogen) atoms. The van der Waals surface area contributed by atoms with Crippen molar-refractivity contribution in [1.82, 2.24) is 19.4 Å². The van der Waals surface area contributed by atoms with Crippen molar-refractivity contribution in [2.24, 2.45) is 0 Å². The van der Waals surface area contributed by atoms with Crippen molar-refractivity contribution in [1.29, 1.82) is 0 Å². The Bertz CT molecular complexity index is 809. The number of nitrogens with one attached hydrogen (secondary N) is 1. The average Bonchev–Trinajstić information content (AvgIpc) is 3.13. The smallest absolute Gasteiger partial charge is 0.225 e. The van der Waals surface area contributed by atoms with Gasteiger partial charge in [-0.3, -0.25) is 5.01 Å². The Morgan fingerprint density at radius 3 is 2.64 bits per heavy atom. The van der Waals surface area contributed by atoms with Gasteiger partial charge in [-0.2, -0.15) is 9.97 Å². The lowest BCUT2D eigenvalue weighted by molar-refractivity contribution is 0.579. The number of hydrazine groups is 1. The number of hydrogen-bond acceptors (Lipinski definition) is 6. The molecule has 9 heteroatoms. The van der Waals surface area contributed by atoms with E-state index in [2.05, 4.69) is 14.8 Å². The zero-order valence-corrected chi connectivity index (χ0v) is 13.6. The average molecular weight is 324 g/mol. The molecule has 2 aromatic rings. The summed E-state index contributed by atoms with van der Waals surface area (Å²) in [6.45, 7) is 4.09. The predicted molar refractivity (Wildman–Crippen MR) is 85.8 cm³/mol. The molecular weight excluding hydrogens is 304 g/mol. The monoisotopic (exact) mass is 324 g/mol. The zero-order chi connectivity index (χ0) is 16.1. The van der Waals surface area contributed by atoms with Gasteiger partial charge in [0.2, 0.25) is 16.0 Å². The van der Waals surface area contributed by atoms with Crippen LogP contribution in [-0.4, -0.2) is 35.3 Å². The predicted octanol–water partition coefficient (Wildman–Crippen LogP) is 1.03.